The minimum absolute atomic E-state index is 0.0152. The Bertz CT molecular complexity index is 1330. The molecule has 2 aromatic heterocycles. The number of hydrogen-bond acceptors (Lipinski definition) is 7. The SMILES string of the molecule is C/C1=N/NC(=O)CCCCCn2c1cc1cnc(Nc3ccc(S(N)(=O)=O)cc3F)nc12. The van der Waals surface area contributed by atoms with Crippen molar-refractivity contribution in [2.24, 2.45) is 10.2 Å². The van der Waals surface area contributed by atoms with Crippen LogP contribution in [0.25, 0.3) is 11.0 Å². The Morgan fingerprint density at radius 3 is 2.78 bits per heavy atom. The van der Waals surface area contributed by atoms with Gasteiger partial charge in [0, 0.05) is 24.5 Å². The molecule has 4 rings (SSSR count). The maximum absolute atomic E-state index is 14.4. The summed E-state index contributed by atoms with van der Waals surface area (Å²) >= 11 is 0. The van der Waals surface area contributed by atoms with Crippen molar-refractivity contribution in [3.63, 3.8) is 0 Å². The number of fused-ring (bicyclic) bond motifs is 3. The molecule has 1 aromatic carbocycles. The number of sulfonamides is 1. The van der Waals surface area contributed by atoms with E-state index in [2.05, 4.69) is 25.8 Å². The second-order valence-corrected chi connectivity index (χ2v) is 9.07. The number of nitrogens with two attached hydrogens (primary N) is 1. The van der Waals surface area contributed by atoms with Crippen molar-refractivity contribution in [3.8, 4) is 0 Å². The largest absolute Gasteiger partial charge is 0.324 e. The number of rotatable bonds is 3. The van der Waals surface area contributed by atoms with Gasteiger partial charge < -0.3 is 9.88 Å². The zero-order chi connectivity index (χ0) is 22.9. The van der Waals surface area contributed by atoms with Crippen molar-refractivity contribution in [1.29, 1.82) is 0 Å². The molecule has 1 aliphatic heterocycles. The number of hydrazone groups is 1. The van der Waals surface area contributed by atoms with Crippen molar-refractivity contribution < 1.29 is 17.6 Å². The van der Waals surface area contributed by atoms with Gasteiger partial charge in [-0.1, -0.05) is 6.42 Å². The van der Waals surface area contributed by atoms with Crippen LogP contribution >= 0.6 is 0 Å². The molecular formula is C20H22FN7O3S. The van der Waals surface area contributed by atoms with E-state index in [9.17, 15) is 17.6 Å². The molecule has 168 valence electrons. The lowest BCUT2D eigenvalue weighted by Gasteiger charge is -2.11. The first kappa shape index (κ1) is 21.8. The van der Waals surface area contributed by atoms with Gasteiger partial charge in [-0.05, 0) is 44.0 Å². The monoisotopic (exact) mass is 459 g/mol. The molecule has 0 fully saturated rings. The Balaban J connectivity index is 1.70. The second-order valence-electron chi connectivity index (χ2n) is 7.51. The van der Waals surface area contributed by atoms with Crippen molar-refractivity contribution in [1.82, 2.24) is 20.0 Å². The number of hydrogen-bond donors (Lipinski definition) is 3. The highest BCUT2D eigenvalue weighted by Crippen LogP contribution is 2.24. The Morgan fingerprint density at radius 2 is 2.03 bits per heavy atom. The molecule has 0 atom stereocenters. The van der Waals surface area contributed by atoms with Crippen LogP contribution in [-0.4, -0.2) is 34.6 Å². The summed E-state index contributed by atoms with van der Waals surface area (Å²) in [5.74, 6) is -0.762. The molecule has 3 aromatic rings. The van der Waals surface area contributed by atoms with E-state index < -0.39 is 15.8 Å². The maximum atomic E-state index is 14.4. The number of amides is 1. The van der Waals surface area contributed by atoms with E-state index in [0.717, 1.165) is 36.4 Å². The number of benzene rings is 1. The first-order valence-corrected chi connectivity index (χ1v) is 11.6. The van der Waals surface area contributed by atoms with Crippen LogP contribution in [0.2, 0.25) is 0 Å². The van der Waals surface area contributed by atoms with Gasteiger partial charge in [0.15, 0.2) is 0 Å². The predicted octanol–water partition coefficient (Wildman–Crippen LogP) is 2.38. The third-order valence-corrected chi connectivity index (χ3v) is 6.07. The normalized spacial score (nSPS) is 17.1. The Labute approximate surface area is 183 Å². The minimum atomic E-state index is -4.01. The summed E-state index contributed by atoms with van der Waals surface area (Å²) in [6.45, 7) is 2.48. The average Bonchev–Trinajstić information content (AvgIpc) is 3.09. The topological polar surface area (TPSA) is 144 Å². The number of nitrogens with one attached hydrogen (secondary N) is 2. The number of aromatic nitrogens is 3. The Hall–Kier alpha value is -3.38. The third-order valence-electron chi connectivity index (χ3n) is 5.15. The smallest absolute Gasteiger partial charge is 0.240 e. The van der Waals surface area contributed by atoms with Gasteiger partial charge in [0.25, 0.3) is 0 Å². The third kappa shape index (κ3) is 4.60. The maximum Gasteiger partial charge on any atom is 0.240 e. The van der Waals surface area contributed by atoms with E-state index in [1.165, 1.54) is 12.1 Å². The number of primary sulfonamides is 1. The van der Waals surface area contributed by atoms with E-state index in [-0.39, 0.29) is 22.4 Å². The fraction of sp³-hybridized carbons (Fsp3) is 0.300. The van der Waals surface area contributed by atoms with Crippen LogP contribution in [-0.2, 0) is 21.4 Å². The molecule has 0 aliphatic carbocycles. The molecule has 1 amide bonds. The van der Waals surface area contributed by atoms with Crippen LogP contribution in [0.5, 0.6) is 0 Å². The van der Waals surface area contributed by atoms with Crippen molar-refractivity contribution in [3.05, 3.63) is 42.0 Å². The van der Waals surface area contributed by atoms with Gasteiger partial charge in [-0.3, -0.25) is 4.79 Å². The van der Waals surface area contributed by atoms with Gasteiger partial charge in [0.2, 0.25) is 21.9 Å². The zero-order valence-corrected chi connectivity index (χ0v) is 18.1. The van der Waals surface area contributed by atoms with Crippen molar-refractivity contribution in [2.75, 3.05) is 5.32 Å². The van der Waals surface area contributed by atoms with Gasteiger partial charge in [0.1, 0.15) is 11.5 Å². The first-order chi connectivity index (χ1) is 15.2. The summed E-state index contributed by atoms with van der Waals surface area (Å²) in [7, 11) is -4.01. The van der Waals surface area contributed by atoms with Crippen molar-refractivity contribution in [2.45, 2.75) is 44.0 Å². The van der Waals surface area contributed by atoms with Crippen LogP contribution in [0.1, 0.15) is 38.3 Å². The lowest BCUT2D eigenvalue weighted by molar-refractivity contribution is -0.121. The number of nitrogens with zero attached hydrogens (tertiary/aromatic N) is 4. The standard InChI is InChI=1S/C20H22FN7O3S/c1-12-17-9-13-11-23-20(24-16-7-6-14(10-15(16)21)32(22,30)31)25-19(13)28(17)8-4-2-3-5-18(29)27-26-12/h6-7,9-11H,2-5,8H2,1H3,(H,27,29)(H2,22,30,31)(H,23,24,25)/b26-12-. The molecule has 0 saturated heterocycles. The molecule has 0 spiro atoms. The van der Waals surface area contributed by atoms with E-state index in [4.69, 9.17) is 5.14 Å². The summed E-state index contributed by atoms with van der Waals surface area (Å²) in [6, 6.07) is 5.20. The number of carbonyl (C=O) groups is 1. The molecule has 4 N–H and O–H groups in total. The Kier molecular flexibility index (Phi) is 5.89. The molecule has 0 saturated carbocycles. The second kappa shape index (κ2) is 8.63. The first-order valence-electron chi connectivity index (χ1n) is 10.0. The highest BCUT2D eigenvalue weighted by atomic mass is 32.2. The van der Waals surface area contributed by atoms with Gasteiger partial charge in [0.05, 0.1) is 22.0 Å². The van der Waals surface area contributed by atoms with Crippen LogP contribution in [0.3, 0.4) is 0 Å². The van der Waals surface area contributed by atoms with Gasteiger partial charge in [-0.2, -0.15) is 10.1 Å². The number of aryl methyl sites for hydroxylation is 1. The van der Waals surface area contributed by atoms with Crippen LogP contribution in [0, 0.1) is 5.82 Å². The Morgan fingerprint density at radius 1 is 1.22 bits per heavy atom. The van der Waals surface area contributed by atoms with Crippen molar-refractivity contribution >= 4 is 44.3 Å². The van der Waals surface area contributed by atoms with Crippen LogP contribution in [0.4, 0.5) is 16.0 Å². The van der Waals surface area contributed by atoms with E-state index in [1.807, 2.05) is 10.6 Å². The van der Waals surface area contributed by atoms with Gasteiger partial charge >= 0.3 is 0 Å². The fourth-order valence-corrected chi connectivity index (χ4v) is 4.04. The summed E-state index contributed by atoms with van der Waals surface area (Å²) < 4.78 is 39.2. The molecule has 0 unspecified atom stereocenters. The number of anilines is 2. The van der Waals surface area contributed by atoms with E-state index in [1.54, 1.807) is 13.1 Å². The molecule has 0 radical (unpaired) electrons. The molecule has 1 aliphatic rings. The minimum Gasteiger partial charge on any atom is -0.324 e. The van der Waals surface area contributed by atoms with Gasteiger partial charge in [-0.25, -0.2) is 28.4 Å². The number of carbonyl (C=O) groups excluding carboxylic acids is 1. The molecule has 10 nitrogen and oxygen atoms in total. The van der Waals surface area contributed by atoms with Crippen LogP contribution < -0.4 is 15.9 Å². The summed E-state index contributed by atoms with van der Waals surface area (Å²) in [5, 5.41) is 12.8. The highest BCUT2D eigenvalue weighted by molar-refractivity contribution is 7.89. The highest BCUT2D eigenvalue weighted by Gasteiger charge is 2.17. The molecule has 0 bridgehead atoms. The number of halogens is 1. The lowest BCUT2D eigenvalue weighted by Crippen LogP contribution is -2.19. The fourth-order valence-electron chi connectivity index (χ4n) is 3.51. The molecule has 32 heavy (non-hydrogen) atoms. The van der Waals surface area contributed by atoms with E-state index >= 15 is 0 Å². The molecular weight excluding hydrogens is 437 g/mol. The average molecular weight is 460 g/mol. The molecule has 3 heterocycles. The summed E-state index contributed by atoms with van der Waals surface area (Å²) in [6.07, 6.45) is 4.54. The quantitative estimate of drug-likeness (QED) is 0.548. The summed E-state index contributed by atoms with van der Waals surface area (Å²) in [4.78, 5) is 20.3. The zero-order valence-electron chi connectivity index (χ0n) is 17.3. The molecule has 12 heteroatoms. The predicted molar refractivity (Wildman–Crippen MR) is 117 cm³/mol. The van der Waals surface area contributed by atoms with E-state index in [0.29, 0.717) is 24.3 Å². The lowest BCUT2D eigenvalue weighted by atomic mass is 10.2. The van der Waals surface area contributed by atoms with Crippen LogP contribution in [0.15, 0.2) is 40.5 Å². The van der Waals surface area contributed by atoms with Gasteiger partial charge in [-0.15, -0.1) is 0 Å². The summed E-state index contributed by atoms with van der Waals surface area (Å²) in [5.41, 5.74) is 4.67.